The van der Waals surface area contributed by atoms with Gasteiger partial charge in [-0.1, -0.05) is 23.7 Å². The van der Waals surface area contributed by atoms with E-state index in [0.717, 1.165) is 5.56 Å². The van der Waals surface area contributed by atoms with Gasteiger partial charge < -0.3 is 15.4 Å². The van der Waals surface area contributed by atoms with Gasteiger partial charge >= 0.3 is 0 Å². The van der Waals surface area contributed by atoms with Crippen LogP contribution in [0.2, 0.25) is 5.02 Å². The Hall–Kier alpha value is -2.53. The second kappa shape index (κ2) is 7.65. The van der Waals surface area contributed by atoms with E-state index in [9.17, 15) is 9.59 Å². The van der Waals surface area contributed by atoms with E-state index in [0.29, 0.717) is 28.4 Å². The van der Waals surface area contributed by atoms with Gasteiger partial charge in [0.15, 0.2) is 0 Å². The number of amides is 2. The molecule has 0 radical (unpaired) electrons. The van der Waals surface area contributed by atoms with Gasteiger partial charge in [-0.25, -0.2) is 0 Å². The van der Waals surface area contributed by atoms with Gasteiger partial charge in [0.25, 0.3) is 5.91 Å². The molecule has 0 heterocycles. The Bertz CT molecular complexity index is 714. The number of nitrogens with one attached hydrogen (secondary N) is 2. The lowest BCUT2D eigenvalue weighted by molar-refractivity contribution is -0.119. The van der Waals surface area contributed by atoms with Crippen LogP contribution in [0.25, 0.3) is 0 Å². The van der Waals surface area contributed by atoms with E-state index in [1.54, 1.807) is 49.5 Å². The number of methoxy groups -OCH3 is 1. The Morgan fingerprint density at radius 3 is 2.43 bits per heavy atom. The van der Waals surface area contributed by atoms with Crippen molar-refractivity contribution in [3.63, 3.8) is 0 Å². The number of likely N-dealkylation sites (N-methyl/N-ethyl adjacent to an activating group) is 1. The topological polar surface area (TPSA) is 67.4 Å². The van der Waals surface area contributed by atoms with Crippen molar-refractivity contribution in [2.75, 3.05) is 19.5 Å². The van der Waals surface area contributed by atoms with Crippen molar-refractivity contribution in [3.05, 3.63) is 58.6 Å². The molecule has 0 aromatic heterocycles. The Balaban J connectivity index is 2.11. The third-order valence-electron chi connectivity index (χ3n) is 3.26. The number of carbonyl (C=O) groups excluding carboxylic acids is 2. The van der Waals surface area contributed by atoms with Crippen LogP contribution >= 0.6 is 11.6 Å². The first-order chi connectivity index (χ1) is 11.0. The fourth-order valence-electron chi connectivity index (χ4n) is 2.04. The minimum atomic E-state index is -0.316. The van der Waals surface area contributed by atoms with Crippen LogP contribution in [-0.4, -0.2) is 26.0 Å². The lowest BCUT2D eigenvalue weighted by Gasteiger charge is -2.10. The van der Waals surface area contributed by atoms with Crippen LogP contribution in [0.5, 0.6) is 5.75 Å². The Morgan fingerprint density at radius 2 is 1.83 bits per heavy atom. The molecule has 120 valence electrons. The first-order valence-electron chi connectivity index (χ1n) is 6.98. The third kappa shape index (κ3) is 4.47. The highest BCUT2D eigenvalue weighted by Gasteiger charge is 2.13. The minimum absolute atomic E-state index is 0.0644. The molecule has 0 saturated carbocycles. The second-order valence-corrected chi connectivity index (χ2v) is 5.28. The van der Waals surface area contributed by atoms with Gasteiger partial charge in [0.2, 0.25) is 5.91 Å². The van der Waals surface area contributed by atoms with Gasteiger partial charge in [0.1, 0.15) is 5.75 Å². The van der Waals surface area contributed by atoms with Gasteiger partial charge in [-0.2, -0.15) is 0 Å². The average molecular weight is 333 g/mol. The minimum Gasteiger partial charge on any atom is -0.496 e. The normalized spacial score (nSPS) is 10.0. The Morgan fingerprint density at radius 1 is 1.13 bits per heavy atom. The molecule has 2 aromatic carbocycles. The maximum Gasteiger partial charge on any atom is 0.259 e. The first kappa shape index (κ1) is 16.8. The summed E-state index contributed by atoms with van der Waals surface area (Å²) < 4.78 is 5.17. The maximum atomic E-state index is 12.3. The number of ether oxygens (including phenoxy) is 1. The molecule has 0 saturated heterocycles. The molecule has 0 unspecified atom stereocenters. The molecule has 2 N–H and O–H groups in total. The van der Waals surface area contributed by atoms with E-state index in [1.807, 2.05) is 0 Å². The van der Waals surface area contributed by atoms with Crippen LogP contribution in [0.3, 0.4) is 0 Å². The SMILES string of the molecule is CNC(=O)Cc1ccc(NC(=O)c2cc(Cl)ccc2OC)cc1. The van der Waals surface area contributed by atoms with Crippen molar-refractivity contribution in [2.45, 2.75) is 6.42 Å². The van der Waals surface area contributed by atoms with Gasteiger partial charge in [0.05, 0.1) is 19.1 Å². The van der Waals surface area contributed by atoms with E-state index < -0.39 is 0 Å². The van der Waals surface area contributed by atoms with Crippen molar-refractivity contribution in [1.82, 2.24) is 5.32 Å². The summed E-state index contributed by atoms with van der Waals surface area (Å²) in [6.07, 6.45) is 0.298. The number of hydrogen-bond acceptors (Lipinski definition) is 3. The van der Waals surface area contributed by atoms with Crippen LogP contribution in [0.4, 0.5) is 5.69 Å². The molecule has 23 heavy (non-hydrogen) atoms. The molecule has 0 spiro atoms. The Kier molecular flexibility index (Phi) is 5.60. The summed E-state index contributed by atoms with van der Waals surface area (Å²) in [7, 11) is 3.09. The van der Waals surface area contributed by atoms with Gasteiger partial charge in [-0.3, -0.25) is 9.59 Å². The summed E-state index contributed by atoms with van der Waals surface area (Å²) >= 11 is 5.93. The van der Waals surface area contributed by atoms with E-state index in [-0.39, 0.29) is 11.8 Å². The number of hydrogen-bond donors (Lipinski definition) is 2. The lowest BCUT2D eigenvalue weighted by atomic mass is 10.1. The summed E-state index contributed by atoms with van der Waals surface area (Å²) in [6.45, 7) is 0. The highest BCUT2D eigenvalue weighted by Crippen LogP contribution is 2.23. The molecule has 0 bridgehead atoms. The molecule has 2 amide bonds. The monoisotopic (exact) mass is 332 g/mol. The van der Waals surface area contributed by atoms with E-state index in [2.05, 4.69) is 10.6 Å². The highest BCUT2D eigenvalue weighted by atomic mass is 35.5. The molecule has 5 nitrogen and oxygen atoms in total. The summed E-state index contributed by atoms with van der Waals surface area (Å²) in [5.74, 6) is 0.0667. The van der Waals surface area contributed by atoms with Gasteiger partial charge in [-0.05, 0) is 35.9 Å². The van der Waals surface area contributed by atoms with Crippen LogP contribution in [-0.2, 0) is 11.2 Å². The summed E-state index contributed by atoms with van der Waals surface area (Å²) in [5.41, 5.74) is 1.84. The van der Waals surface area contributed by atoms with E-state index in [4.69, 9.17) is 16.3 Å². The lowest BCUT2D eigenvalue weighted by Crippen LogP contribution is -2.19. The average Bonchev–Trinajstić information content (AvgIpc) is 2.56. The highest BCUT2D eigenvalue weighted by molar-refractivity contribution is 6.31. The fourth-order valence-corrected chi connectivity index (χ4v) is 2.21. The quantitative estimate of drug-likeness (QED) is 0.884. The first-order valence-corrected chi connectivity index (χ1v) is 7.35. The number of benzene rings is 2. The zero-order valence-corrected chi connectivity index (χ0v) is 13.6. The summed E-state index contributed by atoms with van der Waals surface area (Å²) in [4.78, 5) is 23.7. The second-order valence-electron chi connectivity index (χ2n) is 4.85. The molecule has 0 aliphatic rings. The van der Waals surface area contributed by atoms with E-state index in [1.165, 1.54) is 7.11 Å². The van der Waals surface area contributed by atoms with Gasteiger partial charge in [0, 0.05) is 17.8 Å². The van der Waals surface area contributed by atoms with Crippen molar-refractivity contribution in [2.24, 2.45) is 0 Å². The number of rotatable bonds is 5. The van der Waals surface area contributed by atoms with Crippen LogP contribution in [0.15, 0.2) is 42.5 Å². The van der Waals surface area contributed by atoms with Crippen LogP contribution < -0.4 is 15.4 Å². The molecule has 0 aliphatic carbocycles. The molecular weight excluding hydrogens is 316 g/mol. The number of halogens is 1. The van der Waals surface area contributed by atoms with Crippen LogP contribution in [0, 0.1) is 0 Å². The number of carbonyl (C=O) groups is 2. The zero-order chi connectivity index (χ0) is 16.8. The third-order valence-corrected chi connectivity index (χ3v) is 3.50. The van der Waals surface area contributed by atoms with E-state index >= 15 is 0 Å². The molecule has 0 atom stereocenters. The zero-order valence-electron chi connectivity index (χ0n) is 12.9. The van der Waals surface area contributed by atoms with Crippen molar-refractivity contribution in [1.29, 1.82) is 0 Å². The van der Waals surface area contributed by atoms with Crippen LogP contribution in [0.1, 0.15) is 15.9 Å². The standard InChI is InChI=1S/C17H17ClN2O3/c1-19-16(21)9-11-3-6-13(7-4-11)20-17(22)14-10-12(18)5-8-15(14)23-2/h3-8,10H,9H2,1-2H3,(H,19,21)(H,20,22). The fraction of sp³-hybridized carbons (Fsp3) is 0.176. The molecule has 2 rings (SSSR count). The predicted octanol–water partition coefficient (Wildman–Crippen LogP) is 2.89. The summed E-state index contributed by atoms with van der Waals surface area (Å²) in [6, 6.07) is 11.9. The van der Waals surface area contributed by atoms with Crippen molar-refractivity contribution < 1.29 is 14.3 Å². The Labute approximate surface area is 139 Å². The molecular formula is C17H17ClN2O3. The molecule has 6 heteroatoms. The smallest absolute Gasteiger partial charge is 0.259 e. The largest absolute Gasteiger partial charge is 0.496 e. The predicted molar refractivity (Wildman–Crippen MR) is 90.2 cm³/mol. The molecule has 2 aromatic rings. The van der Waals surface area contributed by atoms with Crippen molar-refractivity contribution >= 4 is 29.1 Å². The van der Waals surface area contributed by atoms with Gasteiger partial charge in [-0.15, -0.1) is 0 Å². The molecule has 0 fully saturated rings. The molecule has 0 aliphatic heterocycles. The maximum absolute atomic E-state index is 12.3. The van der Waals surface area contributed by atoms with Crippen molar-refractivity contribution in [3.8, 4) is 5.75 Å². The number of anilines is 1. The summed E-state index contributed by atoms with van der Waals surface area (Å²) in [5, 5.41) is 5.80.